The highest BCUT2D eigenvalue weighted by Gasteiger charge is 2.26. The van der Waals surface area contributed by atoms with Gasteiger partial charge in [0.25, 0.3) is 5.91 Å². The Labute approximate surface area is 237 Å². The van der Waals surface area contributed by atoms with E-state index in [-0.39, 0.29) is 5.91 Å². The predicted molar refractivity (Wildman–Crippen MR) is 159 cm³/mol. The smallest absolute Gasteiger partial charge is 0.270 e. The fourth-order valence-electron chi connectivity index (χ4n) is 6.20. The van der Waals surface area contributed by atoms with Crippen LogP contribution in [0, 0.1) is 13.8 Å². The molecule has 0 unspecified atom stereocenters. The second kappa shape index (κ2) is 11.5. The van der Waals surface area contributed by atoms with Gasteiger partial charge in [0.05, 0.1) is 11.4 Å². The number of benzene rings is 2. The minimum Gasteiger partial charge on any atom is -0.340 e. The van der Waals surface area contributed by atoms with Crippen LogP contribution in [0.25, 0.3) is 10.9 Å². The van der Waals surface area contributed by atoms with Gasteiger partial charge in [-0.1, -0.05) is 35.9 Å². The first-order valence-electron chi connectivity index (χ1n) is 14.6. The maximum absolute atomic E-state index is 13.6. The molecule has 40 heavy (non-hydrogen) atoms. The van der Waals surface area contributed by atoms with Crippen molar-refractivity contribution in [2.24, 2.45) is 7.05 Å². The third kappa shape index (κ3) is 5.81. The Morgan fingerprint density at radius 1 is 0.825 bits per heavy atom. The van der Waals surface area contributed by atoms with Crippen LogP contribution in [-0.2, 0) is 20.1 Å². The van der Waals surface area contributed by atoms with Crippen LogP contribution in [-0.4, -0.2) is 74.4 Å². The molecule has 0 aliphatic carbocycles. The first-order chi connectivity index (χ1) is 19.4. The third-order valence-corrected chi connectivity index (χ3v) is 8.75. The normalized spacial score (nSPS) is 17.5. The summed E-state index contributed by atoms with van der Waals surface area (Å²) in [6.07, 6.45) is 6.02. The van der Waals surface area contributed by atoms with Gasteiger partial charge in [0, 0.05) is 69.6 Å². The number of aromatic nitrogens is 3. The molecular weight excluding hydrogens is 496 g/mol. The van der Waals surface area contributed by atoms with Crippen LogP contribution in [0.4, 0.5) is 0 Å². The van der Waals surface area contributed by atoms with Gasteiger partial charge in [-0.3, -0.25) is 24.6 Å². The molecule has 2 fully saturated rings. The first-order valence-corrected chi connectivity index (χ1v) is 14.6. The number of hydrogen-bond donors (Lipinski definition) is 0. The molecule has 0 atom stereocenters. The van der Waals surface area contributed by atoms with E-state index in [0.717, 1.165) is 87.8 Å². The van der Waals surface area contributed by atoms with Crippen LogP contribution in [0.2, 0.25) is 0 Å². The highest BCUT2D eigenvalue weighted by Crippen LogP contribution is 2.32. The summed E-state index contributed by atoms with van der Waals surface area (Å²) >= 11 is 0. The zero-order valence-electron chi connectivity index (χ0n) is 24.0. The summed E-state index contributed by atoms with van der Waals surface area (Å²) in [5, 5.41) is 1.17. The molecule has 2 aliphatic heterocycles. The van der Waals surface area contributed by atoms with E-state index in [1.54, 1.807) is 0 Å². The molecule has 6 rings (SSSR count). The average molecular weight is 537 g/mol. The average Bonchev–Trinajstić information content (AvgIpc) is 3.31. The van der Waals surface area contributed by atoms with Crippen molar-refractivity contribution in [3.8, 4) is 0 Å². The lowest BCUT2D eigenvalue weighted by Crippen LogP contribution is -2.48. The summed E-state index contributed by atoms with van der Waals surface area (Å²) in [6, 6.07) is 17.7. The van der Waals surface area contributed by atoms with Crippen molar-refractivity contribution in [3.63, 3.8) is 0 Å². The highest BCUT2D eigenvalue weighted by atomic mass is 16.2. The van der Waals surface area contributed by atoms with Crippen molar-refractivity contribution in [3.05, 3.63) is 94.7 Å². The number of hydrogen-bond acceptors (Lipinski definition) is 5. The molecule has 2 aromatic heterocycles. The Morgan fingerprint density at radius 3 is 2.25 bits per heavy atom. The molecule has 2 saturated heterocycles. The van der Waals surface area contributed by atoms with Crippen molar-refractivity contribution in [1.29, 1.82) is 0 Å². The fraction of sp³-hybridized carbons (Fsp3) is 0.424. The third-order valence-electron chi connectivity index (χ3n) is 8.75. The fourth-order valence-corrected chi connectivity index (χ4v) is 6.20. The molecule has 2 aromatic carbocycles. The predicted octanol–water partition coefficient (Wildman–Crippen LogP) is 4.92. The SMILES string of the molecule is Cc1ccc(CN2CCN(C(=O)c3cc4cc(C5CCN(Cc6cnc(C)cn6)CC5)ccc4n3C)CC2)cc1. The Morgan fingerprint density at radius 2 is 1.55 bits per heavy atom. The lowest BCUT2D eigenvalue weighted by Gasteiger charge is -2.34. The van der Waals surface area contributed by atoms with Gasteiger partial charge in [0.15, 0.2) is 0 Å². The van der Waals surface area contributed by atoms with Crippen LogP contribution in [0.15, 0.2) is 60.9 Å². The van der Waals surface area contributed by atoms with Gasteiger partial charge in [-0.05, 0) is 75.0 Å². The molecular formula is C33H40N6O. The summed E-state index contributed by atoms with van der Waals surface area (Å²) in [5.41, 5.74) is 7.92. The molecule has 7 nitrogen and oxygen atoms in total. The molecule has 1 amide bonds. The van der Waals surface area contributed by atoms with E-state index in [4.69, 9.17) is 0 Å². The quantitative estimate of drug-likeness (QED) is 0.350. The summed E-state index contributed by atoms with van der Waals surface area (Å²) in [7, 11) is 2.02. The van der Waals surface area contributed by atoms with E-state index in [0.29, 0.717) is 5.92 Å². The van der Waals surface area contributed by atoms with Crippen LogP contribution in [0.3, 0.4) is 0 Å². The number of carbonyl (C=O) groups excluding carboxylic acids is 1. The van der Waals surface area contributed by atoms with E-state index in [1.165, 1.54) is 22.1 Å². The van der Waals surface area contributed by atoms with Gasteiger partial charge in [-0.25, -0.2) is 0 Å². The number of fused-ring (bicyclic) bond motifs is 1. The lowest BCUT2D eigenvalue weighted by molar-refractivity contribution is 0.0619. The Bertz CT molecular complexity index is 1460. The summed E-state index contributed by atoms with van der Waals surface area (Å²) in [5.74, 6) is 0.688. The van der Waals surface area contributed by atoms with Crippen molar-refractivity contribution in [1.82, 2.24) is 29.2 Å². The van der Waals surface area contributed by atoms with E-state index < -0.39 is 0 Å². The zero-order valence-corrected chi connectivity index (χ0v) is 24.0. The summed E-state index contributed by atoms with van der Waals surface area (Å²) in [4.78, 5) is 29.4. The lowest BCUT2D eigenvalue weighted by atomic mass is 9.89. The van der Waals surface area contributed by atoms with E-state index in [2.05, 4.69) is 79.8 Å². The minimum absolute atomic E-state index is 0.141. The van der Waals surface area contributed by atoms with Gasteiger partial charge >= 0.3 is 0 Å². The number of nitrogens with zero attached hydrogens (tertiary/aromatic N) is 6. The molecule has 0 bridgehead atoms. The molecule has 4 heterocycles. The highest BCUT2D eigenvalue weighted by molar-refractivity contribution is 5.99. The standard InChI is InChI=1S/C33H40N6O/c1-24-4-6-26(7-5-24)22-38-14-16-39(17-15-38)33(40)32-19-29-18-28(8-9-31(29)36(32)3)27-10-12-37(13-11-27)23-30-21-34-25(2)20-35-30/h4-9,18-21,27H,10-17,22-23H2,1-3H3. The molecule has 0 saturated carbocycles. The van der Waals surface area contributed by atoms with E-state index >= 15 is 0 Å². The molecule has 7 heteroatoms. The number of carbonyl (C=O) groups is 1. The van der Waals surface area contributed by atoms with Crippen LogP contribution in [0.5, 0.6) is 0 Å². The zero-order chi connectivity index (χ0) is 27.6. The minimum atomic E-state index is 0.141. The van der Waals surface area contributed by atoms with Crippen LogP contribution < -0.4 is 0 Å². The molecule has 0 spiro atoms. The van der Waals surface area contributed by atoms with E-state index in [1.807, 2.05) is 31.3 Å². The molecule has 2 aliphatic rings. The van der Waals surface area contributed by atoms with Crippen molar-refractivity contribution in [2.75, 3.05) is 39.3 Å². The largest absolute Gasteiger partial charge is 0.340 e. The van der Waals surface area contributed by atoms with Gasteiger partial charge in [-0.2, -0.15) is 0 Å². The first kappa shape index (κ1) is 26.7. The summed E-state index contributed by atoms with van der Waals surface area (Å²) in [6.45, 7) is 11.4. The van der Waals surface area contributed by atoms with Crippen LogP contribution in [0.1, 0.15) is 57.3 Å². The number of piperidine rings is 1. The monoisotopic (exact) mass is 536 g/mol. The van der Waals surface area contributed by atoms with Gasteiger partial charge in [0.1, 0.15) is 5.69 Å². The summed E-state index contributed by atoms with van der Waals surface area (Å²) < 4.78 is 2.07. The Hall–Kier alpha value is -3.55. The molecule has 4 aromatic rings. The maximum atomic E-state index is 13.6. The van der Waals surface area contributed by atoms with Gasteiger partial charge in [0.2, 0.25) is 0 Å². The second-order valence-electron chi connectivity index (χ2n) is 11.7. The van der Waals surface area contributed by atoms with Crippen molar-refractivity contribution >= 4 is 16.8 Å². The molecule has 0 radical (unpaired) electrons. The van der Waals surface area contributed by atoms with Crippen LogP contribution >= 0.6 is 0 Å². The molecule has 208 valence electrons. The van der Waals surface area contributed by atoms with Gasteiger partial charge in [-0.15, -0.1) is 0 Å². The maximum Gasteiger partial charge on any atom is 0.270 e. The van der Waals surface area contributed by atoms with Gasteiger partial charge < -0.3 is 9.47 Å². The molecule has 0 N–H and O–H groups in total. The number of rotatable bonds is 6. The Balaban J connectivity index is 1.07. The van der Waals surface area contributed by atoms with Crippen molar-refractivity contribution in [2.45, 2.75) is 45.7 Å². The number of aryl methyl sites for hydroxylation is 3. The number of likely N-dealkylation sites (tertiary alicyclic amines) is 1. The van der Waals surface area contributed by atoms with E-state index in [9.17, 15) is 4.79 Å². The van der Waals surface area contributed by atoms with Crippen molar-refractivity contribution < 1.29 is 4.79 Å². The number of amides is 1. The number of piperazine rings is 1. The topological polar surface area (TPSA) is 57.5 Å². The Kier molecular flexibility index (Phi) is 7.67. The second-order valence-corrected chi connectivity index (χ2v) is 11.7.